The molecule has 0 bridgehead atoms. The second kappa shape index (κ2) is 10.7. The smallest absolute Gasteiger partial charge is 0.243 e. The summed E-state index contributed by atoms with van der Waals surface area (Å²) in [6, 6.07) is 18.8. The number of carbonyl (C=O) groups is 1. The van der Waals surface area contributed by atoms with Crippen LogP contribution in [0.4, 0.5) is 5.69 Å². The second-order valence-electron chi connectivity index (χ2n) is 9.93. The Morgan fingerprint density at radius 2 is 1.39 bits per heavy atom. The van der Waals surface area contributed by atoms with Gasteiger partial charge in [0, 0.05) is 45.0 Å². The lowest BCUT2D eigenvalue weighted by Gasteiger charge is -2.31. The first-order valence-electron chi connectivity index (χ1n) is 12.7. The number of hydrogen-bond acceptors (Lipinski definition) is 6. The molecule has 11 heteroatoms. The molecule has 2 saturated heterocycles. The molecule has 0 aliphatic carbocycles. The van der Waals surface area contributed by atoms with E-state index in [1.54, 1.807) is 30.3 Å². The number of piperazine rings is 1. The lowest BCUT2D eigenvalue weighted by molar-refractivity contribution is -0.120. The number of nitrogens with one attached hydrogen (secondary N) is 1. The van der Waals surface area contributed by atoms with Crippen molar-refractivity contribution < 1.29 is 21.6 Å². The predicted molar refractivity (Wildman–Crippen MR) is 147 cm³/mol. The number of nitrogens with zero attached hydrogens (tertiary/aromatic N) is 3. The van der Waals surface area contributed by atoms with Crippen LogP contribution in [0.25, 0.3) is 10.8 Å². The van der Waals surface area contributed by atoms with Crippen LogP contribution >= 0.6 is 0 Å². The molecule has 0 radical (unpaired) electrons. The van der Waals surface area contributed by atoms with Gasteiger partial charge in [0.1, 0.15) is 0 Å². The number of piperidine rings is 1. The van der Waals surface area contributed by atoms with E-state index in [2.05, 4.69) is 10.2 Å². The highest BCUT2D eigenvalue weighted by atomic mass is 32.2. The van der Waals surface area contributed by atoms with E-state index >= 15 is 0 Å². The molecule has 1 atom stereocenters. The first-order chi connectivity index (χ1) is 18.1. The molecule has 1 amide bonds. The number of rotatable bonds is 6. The fourth-order valence-corrected chi connectivity index (χ4v) is 7.97. The van der Waals surface area contributed by atoms with Gasteiger partial charge < -0.3 is 10.2 Å². The Bertz CT molecular complexity index is 1530. The number of anilines is 1. The molecule has 3 aromatic carbocycles. The van der Waals surface area contributed by atoms with Crippen LogP contribution in [0.15, 0.2) is 76.5 Å². The molecule has 0 saturated carbocycles. The SMILES string of the molecule is CN1CCN(S(=O)(=O)c2ccc(NC(=O)[C@H]3CCCN(S(=O)(=O)c4ccc5ccccc5c4)C3)cc2)CC1. The van der Waals surface area contributed by atoms with Crippen LogP contribution < -0.4 is 5.32 Å². The van der Waals surface area contributed by atoms with E-state index in [9.17, 15) is 21.6 Å². The van der Waals surface area contributed by atoms with Gasteiger partial charge in [-0.25, -0.2) is 16.8 Å². The summed E-state index contributed by atoms with van der Waals surface area (Å²) in [6.45, 7) is 2.70. The molecule has 0 aromatic heterocycles. The zero-order valence-electron chi connectivity index (χ0n) is 21.3. The van der Waals surface area contributed by atoms with Crippen molar-refractivity contribution in [2.75, 3.05) is 51.6 Å². The van der Waals surface area contributed by atoms with E-state index in [1.807, 2.05) is 31.3 Å². The highest BCUT2D eigenvalue weighted by Gasteiger charge is 2.34. The maximum absolute atomic E-state index is 13.4. The van der Waals surface area contributed by atoms with Crippen LogP contribution in [0.3, 0.4) is 0 Å². The molecule has 1 N–H and O–H groups in total. The minimum Gasteiger partial charge on any atom is -0.326 e. The van der Waals surface area contributed by atoms with Crippen LogP contribution in [-0.2, 0) is 24.8 Å². The maximum atomic E-state index is 13.4. The Labute approximate surface area is 224 Å². The van der Waals surface area contributed by atoms with Crippen molar-refractivity contribution >= 4 is 42.4 Å². The number of carbonyl (C=O) groups excluding carboxylic acids is 1. The standard InChI is InChI=1S/C27H32N4O5S2/c1-29-15-17-30(18-16-29)37(33,34)25-12-9-24(10-13-25)28-27(32)23-7-4-14-31(20-23)38(35,36)26-11-8-21-5-2-3-6-22(21)19-26/h2-3,5-6,8-13,19,23H,4,7,14-18,20H2,1H3,(H,28,32)/t23-/m0/s1. The van der Waals surface area contributed by atoms with E-state index in [1.165, 1.54) is 20.7 Å². The summed E-state index contributed by atoms with van der Waals surface area (Å²) in [4.78, 5) is 15.5. The topological polar surface area (TPSA) is 107 Å². The Morgan fingerprint density at radius 3 is 2.11 bits per heavy atom. The normalized spacial score (nSPS) is 20.4. The van der Waals surface area contributed by atoms with Gasteiger partial charge in [0.2, 0.25) is 26.0 Å². The number of benzene rings is 3. The molecule has 38 heavy (non-hydrogen) atoms. The zero-order valence-corrected chi connectivity index (χ0v) is 22.9. The van der Waals surface area contributed by atoms with Gasteiger partial charge in [0.05, 0.1) is 15.7 Å². The average Bonchev–Trinajstić information content (AvgIpc) is 2.93. The molecular formula is C27H32N4O5S2. The van der Waals surface area contributed by atoms with Gasteiger partial charge in [-0.05, 0) is 67.1 Å². The second-order valence-corrected chi connectivity index (χ2v) is 13.8. The third kappa shape index (κ3) is 5.48. The van der Waals surface area contributed by atoms with Crippen LogP contribution in [-0.4, -0.2) is 82.6 Å². The van der Waals surface area contributed by atoms with Crippen LogP contribution in [0, 0.1) is 5.92 Å². The van der Waals surface area contributed by atoms with Crippen molar-refractivity contribution in [2.45, 2.75) is 22.6 Å². The highest BCUT2D eigenvalue weighted by molar-refractivity contribution is 7.89. The zero-order chi connectivity index (χ0) is 26.9. The quantitative estimate of drug-likeness (QED) is 0.501. The van der Waals surface area contributed by atoms with Crippen LogP contribution in [0.1, 0.15) is 12.8 Å². The lowest BCUT2D eigenvalue weighted by Crippen LogP contribution is -2.47. The Balaban J connectivity index is 1.24. The maximum Gasteiger partial charge on any atom is 0.243 e. The molecule has 9 nitrogen and oxygen atoms in total. The van der Waals surface area contributed by atoms with Crippen molar-refractivity contribution in [2.24, 2.45) is 5.92 Å². The average molecular weight is 557 g/mol. The highest BCUT2D eigenvalue weighted by Crippen LogP contribution is 2.27. The molecule has 2 aliphatic heterocycles. The third-order valence-corrected chi connectivity index (χ3v) is 11.1. The van der Waals surface area contributed by atoms with Gasteiger partial charge in [-0.3, -0.25) is 4.79 Å². The number of fused-ring (bicyclic) bond motifs is 1. The van der Waals surface area contributed by atoms with Gasteiger partial charge >= 0.3 is 0 Å². The molecule has 2 fully saturated rings. The number of likely N-dealkylation sites (N-methyl/N-ethyl adjacent to an activating group) is 1. The van der Waals surface area contributed by atoms with Gasteiger partial charge in [0.25, 0.3) is 0 Å². The molecule has 0 unspecified atom stereocenters. The monoisotopic (exact) mass is 556 g/mol. The number of hydrogen-bond donors (Lipinski definition) is 1. The summed E-state index contributed by atoms with van der Waals surface area (Å²) in [7, 11) is -5.38. The van der Waals surface area contributed by atoms with Crippen molar-refractivity contribution in [1.82, 2.24) is 13.5 Å². The Kier molecular flexibility index (Phi) is 7.56. The summed E-state index contributed by atoms with van der Waals surface area (Å²) in [6.07, 6.45) is 1.15. The summed E-state index contributed by atoms with van der Waals surface area (Å²) >= 11 is 0. The molecule has 3 aromatic rings. The predicted octanol–water partition coefficient (Wildman–Crippen LogP) is 2.82. The van der Waals surface area contributed by atoms with E-state index < -0.39 is 26.0 Å². The number of sulfonamides is 2. The number of amides is 1. The summed E-state index contributed by atoms with van der Waals surface area (Å²) in [5.41, 5.74) is 0.474. The van der Waals surface area contributed by atoms with Crippen molar-refractivity contribution in [1.29, 1.82) is 0 Å². The fourth-order valence-electron chi connectivity index (χ4n) is 4.98. The first-order valence-corrected chi connectivity index (χ1v) is 15.6. The van der Waals surface area contributed by atoms with Crippen LogP contribution in [0.2, 0.25) is 0 Å². The fraction of sp³-hybridized carbons (Fsp3) is 0.370. The van der Waals surface area contributed by atoms with Crippen LogP contribution in [0.5, 0.6) is 0 Å². The molecular weight excluding hydrogens is 524 g/mol. The molecule has 5 rings (SSSR count). The summed E-state index contributed by atoms with van der Waals surface area (Å²) in [5, 5.41) is 4.64. The third-order valence-electron chi connectivity index (χ3n) is 7.34. The molecule has 0 spiro atoms. The van der Waals surface area contributed by atoms with E-state index in [0.29, 0.717) is 51.3 Å². The molecule has 2 aliphatic rings. The van der Waals surface area contributed by atoms with Gasteiger partial charge in [-0.15, -0.1) is 0 Å². The minimum atomic E-state index is -3.75. The van der Waals surface area contributed by atoms with E-state index in [4.69, 9.17) is 0 Å². The van der Waals surface area contributed by atoms with E-state index in [-0.39, 0.29) is 22.2 Å². The molecule has 202 valence electrons. The van der Waals surface area contributed by atoms with Crippen molar-refractivity contribution in [3.8, 4) is 0 Å². The first kappa shape index (κ1) is 26.8. The summed E-state index contributed by atoms with van der Waals surface area (Å²) < 4.78 is 55.5. The van der Waals surface area contributed by atoms with Crippen molar-refractivity contribution in [3.05, 3.63) is 66.7 Å². The van der Waals surface area contributed by atoms with E-state index in [0.717, 1.165) is 10.8 Å². The Morgan fingerprint density at radius 1 is 0.763 bits per heavy atom. The van der Waals surface area contributed by atoms with Gasteiger partial charge in [0.15, 0.2) is 0 Å². The lowest BCUT2D eigenvalue weighted by atomic mass is 9.99. The Hall–Kier alpha value is -2.83. The van der Waals surface area contributed by atoms with Gasteiger partial charge in [-0.2, -0.15) is 8.61 Å². The van der Waals surface area contributed by atoms with Crippen molar-refractivity contribution in [3.63, 3.8) is 0 Å². The largest absolute Gasteiger partial charge is 0.326 e. The summed E-state index contributed by atoms with van der Waals surface area (Å²) in [5.74, 6) is -0.786. The van der Waals surface area contributed by atoms with Gasteiger partial charge in [-0.1, -0.05) is 30.3 Å². The molecule has 2 heterocycles. The minimum absolute atomic E-state index is 0.0941.